The van der Waals surface area contributed by atoms with Crippen molar-refractivity contribution in [3.63, 3.8) is 0 Å². The van der Waals surface area contributed by atoms with Crippen molar-refractivity contribution in [1.29, 1.82) is 0 Å². The highest BCUT2D eigenvalue weighted by Crippen LogP contribution is 2.45. The fourth-order valence-electron chi connectivity index (χ4n) is 3.49. The molecule has 33 heavy (non-hydrogen) atoms. The molecule has 0 aliphatic heterocycles. The van der Waals surface area contributed by atoms with E-state index in [1.54, 1.807) is 0 Å². The van der Waals surface area contributed by atoms with Crippen LogP contribution in [0.2, 0.25) is 0 Å². The summed E-state index contributed by atoms with van der Waals surface area (Å²) in [6, 6.07) is 31.7. The first kappa shape index (κ1) is 23.8. The van der Waals surface area contributed by atoms with Crippen LogP contribution in [0.1, 0.15) is 11.1 Å². The molecule has 4 rings (SSSR count). The summed E-state index contributed by atoms with van der Waals surface area (Å²) in [5, 5.41) is 1.62. The van der Waals surface area contributed by atoms with Crippen molar-refractivity contribution in [3.8, 4) is 33.8 Å². The second-order valence-electron chi connectivity index (χ2n) is 7.67. The van der Waals surface area contributed by atoms with Crippen LogP contribution in [-0.4, -0.2) is 6.66 Å². The Kier molecular flexibility index (Phi) is 7.75. The van der Waals surface area contributed by atoms with Gasteiger partial charge in [0, 0.05) is 10.7 Å². The van der Waals surface area contributed by atoms with Gasteiger partial charge in [0.25, 0.3) is 0 Å². The second kappa shape index (κ2) is 10.7. The zero-order chi connectivity index (χ0) is 23.3. The van der Waals surface area contributed by atoms with Crippen molar-refractivity contribution < 1.29 is 13.6 Å². The molecule has 0 bridgehead atoms. The Hall–Kier alpha value is -2.33. The lowest BCUT2D eigenvalue weighted by Gasteiger charge is -2.17. The number of hydrogen-bond donors (Lipinski definition) is 0. The van der Waals surface area contributed by atoms with Crippen molar-refractivity contribution in [2.75, 3.05) is 6.66 Å². The number of hydrogen-bond acceptors (Lipinski definition) is 3. The first-order chi connectivity index (χ1) is 16.0. The summed E-state index contributed by atoms with van der Waals surface area (Å²) in [4.78, 5) is 0. The van der Waals surface area contributed by atoms with E-state index >= 15 is 0 Å². The lowest BCUT2D eigenvalue weighted by atomic mass is 10.0. The maximum atomic E-state index is 13.0. The average molecular weight is 586 g/mol. The summed E-state index contributed by atoms with van der Waals surface area (Å²) < 4.78 is 24.4. The molecule has 0 heterocycles. The largest absolute Gasteiger partial charge is 0.427 e. The summed E-state index contributed by atoms with van der Waals surface area (Å²) in [5.74, 6) is 1.01. The Labute approximate surface area is 211 Å². The van der Waals surface area contributed by atoms with Crippen LogP contribution in [0.5, 0.6) is 11.5 Å². The van der Waals surface area contributed by atoms with Gasteiger partial charge >= 0.3 is 7.60 Å². The Balaban J connectivity index is 1.43. The van der Waals surface area contributed by atoms with Crippen LogP contribution in [-0.2, 0) is 15.2 Å². The maximum absolute atomic E-state index is 13.0. The predicted octanol–water partition coefficient (Wildman–Crippen LogP) is 9.09. The molecule has 4 aromatic carbocycles. The van der Waals surface area contributed by atoms with Crippen LogP contribution in [0.15, 0.2) is 97.1 Å². The molecule has 0 aliphatic rings. The zero-order valence-electron chi connectivity index (χ0n) is 18.1. The molecule has 0 aromatic heterocycles. The van der Waals surface area contributed by atoms with Crippen molar-refractivity contribution in [2.45, 2.75) is 10.7 Å². The Morgan fingerprint density at radius 1 is 0.606 bits per heavy atom. The lowest BCUT2D eigenvalue weighted by Crippen LogP contribution is -1.99. The van der Waals surface area contributed by atoms with Crippen LogP contribution in [0.3, 0.4) is 0 Å². The van der Waals surface area contributed by atoms with E-state index in [1.165, 1.54) is 17.8 Å². The van der Waals surface area contributed by atoms with Gasteiger partial charge in [0.1, 0.15) is 11.5 Å². The fourth-order valence-corrected chi connectivity index (χ4v) is 5.23. The van der Waals surface area contributed by atoms with Crippen LogP contribution in [0, 0.1) is 0 Å². The van der Waals surface area contributed by atoms with Gasteiger partial charge in [0.15, 0.2) is 0 Å². The summed E-state index contributed by atoms with van der Waals surface area (Å²) in [7, 11) is -3.35. The van der Waals surface area contributed by atoms with E-state index in [-0.39, 0.29) is 0 Å². The first-order valence-electron chi connectivity index (χ1n) is 10.4. The lowest BCUT2D eigenvalue weighted by molar-refractivity contribution is 0.393. The van der Waals surface area contributed by atoms with Gasteiger partial charge in [-0.1, -0.05) is 105 Å². The molecule has 0 atom stereocenters. The van der Waals surface area contributed by atoms with Crippen molar-refractivity contribution in [2.24, 2.45) is 0 Å². The third-order valence-corrected chi connectivity index (χ3v) is 7.46. The van der Waals surface area contributed by atoms with Gasteiger partial charge in [0.2, 0.25) is 0 Å². The van der Waals surface area contributed by atoms with Crippen LogP contribution >= 0.6 is 39.5 Å². The molecule has 0 unspecified atom stereocenters. The summed E-state index contributed by atoms with van der Waals surface area (Å²) >= 11 is 6.98. The highest BCUT2D eigenvalue weighted by molar-refractivity contribution is 9.08. The van der Waals surface area contributed by atoms with E-state index in [9.17, 15) is 4.57 Å². The molecule has 0 aliphatic carbocycles. The number of alkyl halides is 2. The maximum Gasteiger partial charge on any atom is 0.427 e. The van der Waals surface area contributed by atoms with Crippen LogP contribution < -0.4 is 9.05 Å². The molecule has 0 saturated heterocycles. The van der Waals surface area contributed by atoms with E-state index in [0.29, 0.717) is 11.5 Å². The Bertz CT molecular complexity index is 1170. The minimum atomic E-state index is -3.35. The van der Waals surface area contributed by atoms with Crippen LogP contribution in [0.4, 0.5) is 0 Å². The molecule has 6 heteroatoms. The number of rotatable bonds is 8. The van der Waals surface area contributed by atoms with Gasteiger partial charge in [-0.25, -0.2) is 4.57 Å². The van der Waals surface area contributed by atoms with Crippen LogP contribution in [0.25, 0.3) is 22.3 Å². The quantitative estimate of drug-likeness (QED) is 0.153. The minimum Gasteiger partial charge on any atom is -0.416 e. The molecular formula is C27H23Br2O3P. The van der Waals surface area contributed by atoms with Gasteiger partial charge in [-0.2, -0.15) is 0 Å². The average Bonchev–Trinajstić information content (AvgIpc) is 2.84. The third-order valence-electron chi connectivity index (χ3n) is 5.08. The van der Waals surface area contributed by atoms with Crippen molar-refractivity contribution in [1.82, 2.24) is 0 Å². The van der Waals surface area contributed by atoms with Crippen molar-refractivity contribution in [3.05, 3.63) is 108 Å². The molecule has 0 saturated carbocycles. The summed E-state index contributed by atoms with van der Waals surface area (Å²) in [6.07, 6.45) is 0. The van der Waals surface area contributed by atoms with E-state index in [4.69, 9.17) is 9.05 Å². The second-order valence-corrected chi connectivity index (χ2v) is 10.7. The third kappa shape index (κ3) is 6.38. The Morgan fingerprint density at radius 3 is 1.36 bits per heavy atom. The summed E-state index contributed by atoms with van der Waals surface area (Å²) in [6.45, 7) is 1.48. The molecule has 4 aromatic rings. The van der Waals surface area contributed by atoms with Crippen molar-refractivity contribution >= 4 is 39.5 Å². The van der Waals surface area contributed by atoms with Gasteiger partial charge in [-0.3, -0.25) is 0 Å². The Morgan fingerprint density at radius 2 is 1.00 bits per heavy atom. The SMILES string of the molecule is CP(=O)(Oc1ccc(-c2cccc(CBr)c2)cc1)Oc1ccc(-c2cccc(CBr)c2)cc1. The predicted molar refractivity (Wildman–Crippen MR) is 144 cm³/mol. The number of halogens is 2. The fraction of sp³-hybridized carbons (Fsp3) is 0.111. The van der Waals surface area contributed by atoms with Gasteiger partial charge in [-0.15, -0.1) is 0 Å². The highest BCUT2D eigenvalue weighted by Gasteiger charge is 2.20. The first-order valence-corrected chi connectivity index (χ1v) is 14.7. The van der Waals surface area contributed by atoms with E-state index in [2.05, 4.69) is 68.3 Å². The molecule has 3 nitrogen and oxygen atoms in total. The number of benzene rings is 4. The molecule has 0 N–H and O–H groups in total. The van der Waals surface area contributed by atoms with Gasteiger partial charge in [-0.05, 0) is 57.6 Å². The highest BCUT2D eigenvalue weighted by atomic mass is 79.9. The molecule has 168 valence electrons. The molecular weight excluding hydrogens is 563 g/mol. The van der Waals surface area contributed by atoms with E-state index in [1.807, 2.05) is 60.7 Å². The zero-order valence-corrected chi connectivity index (χ0v) is 22.1. The van der Waals surface area contributed by atoms with Gasteiger partial charge < -0.3 is 9.05 Å². The summed E-state index contributed by atoms with van der Waals surface area (Å²) in [5.41, 5.74) is 6.79. The van der Waals surface area contributed by atoms with E-state index < -0.39 is 7.60 Å². The monoisotopic (exact) mass is 584 g/mol. The minimum absolute atomic E-state index is 0.504. The molecule has 0 amide bonds. The molecule has 0 radical (unpaired) electrons. The van der Waals surface area contributed by atoms with Gasteiger partial charge in [0.05, 0.1) is 6.66 Å². The molecule has 0 spiro atoms. The standard InChI is InChI=1S/C27H23Br2O3P/c1-33(30,31-26-12-8-22(9-13-26)24-6-2-4-20(16-24)18-28)32-27-14-10-23(11-15-27)25-7-3-5-21(17-25)19-29/h2-17H,18-19H2,1H3. The normalized spacial score (nSPS) is 11.2. The molecule has 0 fully saturated rings. The topological polar surface area (TPSA) is 35.5 Å². The smallest absolute Gasteiger partial charge is 0.416 e. The van der Waals surface area contributed by atoms with E-state index in [0.717, 1.165) is 32.9 Å².